The molecule has 31 heavy (non-hydrogen) atoms. The van der Waals surface area contributed by atoms with Crippen molar-refractivity contribution in [3.05, 3.63) is 89.8 Å². The summed E-state index contributed by atoms with van der Waals surface area (Å²) >= 11 is 0. The average Bonchev–Trinajstić information content (AvgIpc) is 3.48. The fourth-order valence-corrected chi connectivity index (χ4v) is 2.92. The van der Waals surface area contributed by atoms with Gasteiger partial charge in [0.2, 0.25) is 0 Å². The van der Waals surface area contributed by atoms with Gasteiger partial charge in [-0.2, -0.15) is 5.10 Å². The quantitative estimate of drug-likeness (QED) is 0.341. The molecule has 0 atom stereocenters. The topological polar surface area (TPSA) is 117 Å². The van der Waals surface area contributed by atoms with Crippen LogP contribution in [0.1, 0.15) is 38.3 Å². The van der Waals surface area contributed by atoms with Gasteiger partial charge >= 0.3 is 5.91 Å². The molecule has 0 aliphatic carbocycles. The molecule has 4 rings (SSSR count). The molecule has 0 saturated carbocycles. The second kappa shape index (κ2) is 8.50. The lowest BCUT2D eigenvalue weighted by molar-refractivity contribution is 0.0829. The van der Waals surface area contributed by atoms with Crippen LogP contribution < -0.4 is 10.9 Å². The van der Waals surface area contributed by atoms with Gasteiger partial charge in [0.05, 0.1) is 5.69 Å². The number of hydrogen-bond donors (Lipinski definition) is 3. The highest BCUT2D eigenvalue weighted by Crippen LogP contribution is 2.23. The van der Waals surface area contributed by atoms with E-state index in [-0.39, 0.29) is 17.2 Å². The summed E-state index contributed by atoms with van der Waals surface area (Å²) in [5.74, 6) is -0.694. The lowest BCUT2D eigenvalue weighted by Crippen LogP contribution is -2.41. The number of nitrogens with zero attached hydrogens (tertiary/aromatic N) is 1. The zero-order valence-electron chi connectivity index (χ0n) is 16.5. The Morgan fingerprint density at radius 2 is 1.55 bits per heavy atom. The smallest absolute Gasteiger partial charge is 0.305 e. The van der Waals surface area contributed by atoms with Crippen LogP contribution in [-0.2, 0) is 0 Å². The van der Waals surface area contributed by atoms with Gasteiger partial charge in [-0.25, -0.2) is 0 Å². The normalized spacial score (nSPS) is 10.5. The molecule has 2 aromatic carbocycles. The van der Waals surface area contributed by atoms with E-state index in [1.165, 1.54) is 13.0 Å². The van der Waals surface area contributed by atoms with Crippen LogP contribution in [0.15, 0.2) is 77.2 Å². The number of hydrogen-bond acceptors (Lipinski definition) is 5. The number of H-pyrrole nitrogens is 1. The highest BCUT2D eigenvalue weighted by Gasteiger charge is 2.15. The number of carbonyl (C=O) groups is 3. The Morgan fingerprint density at radius 3 is 2.26 bits per heavy atom. The molecular weight excluding hydrogens is 396 g/mol. The number of benzene rings is 2. The molecule has 0 saturated heterocycles. The van der Waals surface area contributed by atoms with E-state index >= 15 is 0 Å². The number of ketones is 1. The van der Waals surface area contributed by atoms with Crippen molar-refractivity contribution in [3.63, 3.8) is 0 Å². The first-order valence-corrected chi connectivity index (χ1v) is 9.44. The van der Waals surface area contributed by atoms with Crippen LogP contribution in [-0.4, -0.2) is 27.8 Å². The van der Waals surface area contributed by atoms with Crippen molar-refractivity contribution in [2.75, 3.05) is 0 Å². The second-order valence-electron chi connectivity index (χ2n) is 6.74. The van der Waals surface area contributed by atoms with Gasteiger partial charge in [0.15, 0.2) is 11.5 Å². The molecule has 0 unspecified atom stereocenters. The van der Waals surface area contributed by atoms with E-state index in [1.807, 2.05) is 30.3 Å². The fourth-order valence-electron chi connectivity index (χ4n) is 2.92. The fraction of sp³-hybridized carbons (Fsp3) is 0.0435. The van der Waals surface area contributed by atoms with Gasteiger partial charge in [0, 0.05) is 16.7 Å². The number of rotatable bonds is 5. The van der Waals surface area contributed by atoms with Crippen LogP contribution in [0.4, 0.5) is 0 Å². The molecule has 0 aliphatic rings. The predicted octanol–water partition coefficient (Wildman–Crippen LogP) is 3.61. The van der Waals surface area contributed by atoms with Crippen LogP contribution in [0.25, 0.3) is 22.6 Å². The summed E-state index contributed by atoms with van der Waals surface area (Å²) in [4.78, 5) is 36.0. The molecule has 8 heteroatoms. The van der Waals surface area contributed by atoms with E-state index in [1.54, 1.807) is 36.4 Å². The second-order valence-corrected chi connectivity index (χ2v) is 6.74. The largest absolute Gasteiger partial charge is 0.451 e. The number of Topliss-reactive ketones (excluding diaryl/α,β-unsaturated/α-hetero) is 1. The van der Waals surface area contributed by atoms with Crippen LogP contribution in [0, 0.1) is 0 Å². The van der Waals surface area contributed by atoms with Gasteiger partial charge in [-0.1, -0.05) is 54.6 Å². The molecule has 4 aromatic rings. The summed E-state index contributed by atoms with van der Waals surface area (Å²) in [6, 6.07) is 21.0. The number of carbonyl (C=O) groups excluding carboxylic acids is 3. The number of furan rings is 1. The van der Waals surface area contributed by atoms with Gasteiger partial charge in [0.1, 0.15) is 11.5 Å². The molecule has 8 nitrogen and oxygen atoms in total. The Hall–Kier alpha value is -4.46. The molecule has 0 aliphatic heterocycles. The van der Waals surface area contributed by atoms with Crippen LogP contribution >= 0.6 is 0 Å². The lowest BCUT2D eigenvalue weighted by Gasteiger charge is -2.04. The first-order chi connectivity index (χ1) is 15.0. The molecule has 2 aromatic heterocycles. The Bertz CT molecular complexity index is 1240. The van der Waals surface area contributed by atoms with Crippen LogP contribution in [0.5, 0.6) is 0 Å². The van der Waals surface area contributed by atoms with Gasteiger partial charge in [-0.3, -0.25) is 30.3 Å². The molecule has 0 bridgehead atoms. The maximum atomic E-state index is 12.3. The van der Waals surface area contributed by atoms with Crippen molar-refractivity contribution in [2.24, 2.45) is 0 Å². The van der Waals surface area contributed by atoms with E-state index < -0.39 is 11.8 Å². The third kappa shape index (κ3) is 4.43. The Kier molecular flexibility index (Phi) is 5.44. The predicted molar refractivity (Wildman–Crippen MR) is 113 cm³/mol. The minimum atomic E-state index is -0.609. The molecule has 0 spiro atoms. The molecule has 154 valence electrons. The highest BCUT2D eigenvalue weighted by molar-refractivity contribution is 5.98. The summed E-state index contributed by atoms with van der Waals surface area (Å²) < 4.78 is 5.56. The van der Waals surface area contributed by atoms with Crippen molar-refractivity contribution >= 4 is 17.6 Å². The number of aromatic nitrogens is 2. The average molecular weight is 414 g/mol. The van der Waals surface area contributed by atoms with Gasteiger partial charge in [-0.15, -0.1) is 0 Å². The van der Waals surface area contributed by atoms with Crippen molar-refractivity contribution in [3.8, 4) is 22.6 Å². The van der Waals surface area contributed by atoms with Gasteiger partial charge in [-0.05, 0) is 25.1 Å². The number of hydrazine groups is 1. The highest BCUT2D eigenvalue weighted by atomic mass is 16.4. The molecule has 0 radical (unpaired) electrons. The molecular formula is C23H18N4O4. The van der Waals surface area contributed by atoms with Crippen LogP contribution in [0.2, 0.25) is 0 Å². The SMILES string of the molecule is CC(=O)c1ccc(-c2ccc(C(=O)NNC(=O)c3cc(-c4ccccc4)n[nH]3)o2)cc1. The minimum absolute atomic E-state index is 0.0283. The molecule has 2 heterocycles. The number of amides is 2. The Labute approximate surface area is 177 Å². The van der Waals surface area contributed by atoms with E-state index in [0.717, 1.165) is 11.1 Å². The summed E-state index contributed by atoms with van der Waals surface area (Å²) in [7, 11) is 0. The maximum Gasteiger partial charge on any atom is 0.305 e. The van der Waals surface area contributed by atoms with Crippen molar-refractivity contribution in [1.82, 2.24) is 21.0 Å². The minimum Gasteiger partial charge on any atom is -0.451 e. The number of nitrogens with one attached hydrogen (secondary N) is 3. The van der Waals surface area contributed by atoms with E-state index in [4.69, 9.17) is 4.42 Å². The Balaban J connectivity index is 1.37. The summed E-state index contributed by atoms with van der Waals surface area (Å²) in [6.45, 7) is 1.49. The van der Waals surface area contributed by atoms with Crippen molar-refractivity contribution < 1.29 is 18.8 Å². The van der Waals surface area contributed by atoms with E-state index in [2.05, 4.69) is 21.0 Å². The van der Waals surface area contributed by atoms with E-state index in [0.29, 0.717) is 17.0 Å². The zero-order valence-corrected chi connectivity index (χ0v) is 16.5. The third-order valence-corrected chi connectivity index (χ3v) is 4.59. The van der Waals surface area contributed by atoms with Crippen molar-refractivity contribution in [1.29, 1.82) is 0 Å². The summed E-state index contributed by atoms with van der Waals surface area (Å²) in [6.07, 6.45) is 0. The monoisotopic (exact) mass is 414 g/mol. The summed E-state index contributed by atoms with van der Waals surface area (Å²) in [5, 5.41) is 6.75. The zero-order chi connectivity index (χ0) is 21.8. The van der Waals surface area contributed by atoms with E-state index in [9.17, 15) is 14.4 Å². The standard InChI is InChI=1S/C23H18N4O4/c1-14(28)15-7-9-17(10-8-15)20-11-12-21(31-20)23(30)27-26-22(29)19-13-18(24-25-19)16-5-3-2-4-6-16/h2-13H,1H3,(H,24,25)(H,26,29)(H,27,30). The third-order valence-electron chi connectivity index (χ3n) is 4.59. The Morgan fingerprint density at radius 1 is 0.839 bits per heavy atom. The van der Waals surface area contributed by atoms with Crippen LogP contribution in [0.3, 0.4) is 0 Å². The first kappa shape index (κ1) is 19.8. The molecule has 3 N–H and O–H groups in total. The number of aromatic amines is 1. The maximum absolute atomic E-state index is 12.3. The van der Waals surface area contributed by atoms with Gasteiger partial charge in [0.25, 0.3) is 5.91 Å². The lowest BCUT2D eigenvalue weighted by atomic mass is 10.1. The van der Waals surface area contributed by atoms with Gasteiger partial charge < -0.3 is 4.42 Å². The summed E-state index contributed by atoms with van der Waals surface area (Å²) in [5.41, 5.74) is 7.62. The molecule has 0 fully saturated rings. The first-order valence-electron chi connectivity index (χ1n) is 9.44. The van der Waals surface area contributed by atoms with Crippen molar-refractivity contribution in [2.45, 2.75) is 6.92 Å². The molecule has 2 amide bonds.